The van der Waals surface area contributed by atoms with Crippen molar-refractivity contribution in [3.8, 4) is 0 Å². The highest BCUT2D eigenvalue weighted by atomic mass is 35.5. The van der Waals surface area contributed by atoms with Gasteiger partial charge in [0.1, 0.15) is 0 Å². The molecule has 1 rings (SSSR count). The van der Waals surface area contributed by atoms with Crippen molar-refractivity contribution in [2.24, 2.45) is 0 Å². The van der Waals surface area contributed by atoms with Gasteiger partial charge in [-0.1, -0.05) is 36.2 Å². The number of aliphatic hydroxyl groups is 1. The Labute approximate surface area is 107 Å². The Kier molecular flexibility index (Phi) is 5.56. The summed E-state index contributed by atoms with van der Waals surface area (Å²) in [6.07, 6.45) is 1.01. The first-order valence-corrected chi connectivity index (χ1v) is 6.16. The average Bonchev–Trinajstić information content (AvgIpc) is 2.29. The maximum absolute atomic E-state index is 9.35. The Morgan fingerprint density at radius 3 is 2.50 bits per heavy atom. The molecule has 0 bridgehead atoms. The SMILES string of the molecule is CCC(C)NC(CO)c1ccc(Cl)c(Cl)c1. The van der Waals surface area contributed by atoms with Crippen molar-refractivity contribution in [2.45, 2.75) is 32.4 Å². The topological polar surface area (TPSA) is 32.3 Å². The Morgan fingerprint density at radius 2 is 2.00 bits per heavy atom. The molecule has 2 nitrogen and oxygen atoms in total. The lowest BCUT2D eigenvalue weighted by molar-refractivity contribution is 0.234. The molecule has 2 atom stereocenters. The summed E-state index contributed by atoms with van der Waals surface area (Å²) in [6.45, 7) is 4.23. The molecule has 1 aromatic carbocycles. The summed E-state index contributed by atoms with van der Waals surface area (Å²) in [5, 5.41) is 13.7. The molecule has 0 heterocycles. The van der Waals surface area contributed by atoms with Gasteiger partial charge in [0, 0.05) is 6.04 Å². The molecule has 0 aliphatic heterocycles. The van der Waals surface area contributed by atoms with Gasteiger partial charge in [0.2, 0.25) is 0 Å². The predicted octanol–water partition coefficient (Wildman–Crippen LogP) is 3.41. The van der Waals surface area contributed by atoms with E-state index in [0.29, 0.717) is 16.1 Å². The lowest BCUT2D eigenvalue weighted by atomic mass is 10.1. The first kappa shape index (κ1) is 13.8. The van der Waals surface area contributed by atoms with Gasteiger partial charge in [-0.25, -0.2) is 0 Å². The maximum Gasteiger partial charge on any atom is 0.0626 e. The van der Waals surface area contributed by atoms with Crippen molar-refractivity contribution in [1.82, 2.24) is 5.32 Å². The molecule has 0 aliphatic rings. The van der Waals surface area contributed by atoms with E-state index in [4.69, 9.17) is 23.2 Å². The van der Waals surface area contributed by atoms with E-state index >= 15 is 0 Å². The van der Waals surface area contributed by atoms with E-state index < -0.39 is 0 Å². The van der Waals surface area contributed by atoms with Crippen molar-refractivity contribution in [3.05, 3.63) is 33.8 Å². The Balaban J connectivity index is 2.82. The zero-order valence-electron chi connectivity index (χ0n) is 9.50. The van der Waals surface area contributed by atoms with Crippen LogP contribution in [-0.4, -0.2) is 17.8 Å². The molecule has 0 saturated carbocycles. The van der Waals surface area contributed by atoms with Crippen LogP contribution in [0.3, 0.4) is 0 Å². The lowest BCUT2D eigenvalue weighted by Gasteiger charge is -2.21. The highest BCUT2D eigenvalue weighted by Crippen LogP contribution is 2.25. The highest BCUT2D eigenvalue weighted by molar-refractivity contribution is 6.42. The van der Waals surface area contributed by atoms with E-state index in [1.807, 2.05) is 6.07 Å². The predicted molar refractivity (Wildman–Crippen MR) is 69.2 cm³/mol. The molecule has 0 radical (unpaired) electrons. The highest BCUT2D eigenvalue weighted by Gasteiger charge is 2.13. The number of halogens is 2. The second-order valence-corrected chi connectivity index (χ2v) is 4.70. The molecule has 0 spiro atoms. The standard InChI is InChI=1S/C12H17Cl2NO/c1-3-8(2)15-12(7-16)9-4-5-10(13)11(14)6-9/h4-6,8,12,15-16H,3,7H2,1-2H3. The van der Waals surface area contributed by atoms with Crippen LogP contribution in [0.1, 0.15) is 31.9 Å². The third kappa shape index (κ3) is 3.63. The monoisotopic (exact) mass is 261 g/mol. The van der Waals surface area contributed by atoms with Crippen molar-refractivity contribution < 1.29 is 5.11 Å². The molecule has 0 fully saturated rings. The average molecular weight is 262 g/mol. The first-order valence-electron chi connectivity index (χ1n) is 5.40. The smallest absolute Gasteiger partial charge is 0.0626 e. The van der Waals surface area contributed by atoms with Crippen LogP contribution in [0.15, 0.2) is 18.2 Å². The first-order chi connectivity index (χ1) is 7.58. The van der Waals surface area contributed by atoms with E-state index in [-0.39, 0.29) is 12.6 Å². The van der Waals surface area contributed by atoms with E-state index in [0.717, 1.165) is 12.0 Å². The van der Waals surface area contributed by atoms with Gasteiger partial charge in [-0.05, 0) is 31.0 Å². The minimum atomic E-state index is -0.0929. The van der Waals surface area contributed by atoms with E-state index in [1.54, 1.807) is 12.1 Å². The number of rotatable bonds is 5. The van der Waals surface area contributed by atoms with Crippen molar-refractivity contribution in [1.29, 1.82) is 0 Å². The summed E-state index contributed by atoms with van der Waals surface area (Å²) in [4.78, 5) is 0. The molecule has 0 amide bonds. The van der Waals surface area contributed by atoms with Crippen LogP contribution in [-0.2, 0) is 0 Å². The molecule has 0 saturated heterocycles. The van der Waals surface area contributed by atoms with E-state index in [9.17, 15) is 5.11 Å². The van der Waals surface area contributed by atoms with Crippen LogP contribution in [0.25, 0.3) is 0 Å². The molecular weight excluding hydrogens is 245 g/mol. The molecule has 0 aromatic heterocycles. The van der Waals surface area contributed by atoms with Crippen LogP contribution >= 0.6 is 23.2 Å². The summed E-state index contributed by atoms with van der Waals surface area (Å²) < 4.78 is 0. The van der Waals surface area contributed by atoms with Crippen molar-refractivity contribution >= 4 is 23.2 Å². The van der Waals surface area contributed by atoms with E-state index in [2.05, 4.69) is 19.2 Å². The fraction of sp³-hybridized carbons (Fsp3) is 0.500. The van der Waals surface area contributed by atoms with E-state index in [1.165, 1.54) is 0 Å². The molecule has 4 heteroatoms. The largest absolute Gasteiger partial charge is 0.394 e. The zero-order valence-corrected chi connectivity index (χ0v) is 11.0. The second-order valence-electron chi connectivity index (χ2n) is 3.88. The van der Waals surface area contributed by atoms with Gasteiger partial charge in [0.25, 0.3) is 0 Å². The van der Waals surface area contributed by atoms with Crippen molar-refractivity contribution in [2.75, 3.05) is 6.61 Å². The zero-order chi connectivity index (χ0) is 12.1. The fourth-order valence-electron chi connectivity index (χ4n) is 1.44. The van der Waals surface area contributed by atoms with Crippen molar-refractivity contribution in [3.63, 3.8) is 0 Å². The van der Waals surface area contributed by atoms with Crippen LogP contribution in [0.2, 0.25) is 10.0 Å². The second kappa shape index (κ2) is 6.45. The number of nitrogens with one attached hydrogen (secondary N) is 1. The van der Waals surface area contributed by atoms with Gasteiger partial charge in [0.15, 0.2) is 0 Å². The summed E-state index contributed by atoms with van der Waals surface area (Å²) in [5.41, 5.74) is 0.956. The molecule has 1 aromatic rings. The Morgan fingerprint density at radius 1 is 1.31 bits per heavy atom. The minimum absolute atomic E-state index is 0.0439. The van der Waals surface area contributed by atoms with Gasteiger partial charge >= 0.3 is 0 Å². The van der Waals surface area contributed by atoms with Crippen LogP contribution < -0.4 is 5.32 Å². The number of hydrogen-bond donors (Lipinski definition) is 2. The van der Waals surface area contributed by atoms with Crippen LogP contribution in [0, 0.1) is 0 Å². The molecular formula is C12H17Cl2NO. The normalized spacial score (nSPS) is 14.8. The van der Waals surface area contributed by atoms with Gasteiger partial charge in [-0.3, -0.25) is 0 Å². The Hall–Kier alpha value is -0.280. The van der Waals surface area contributed by atoms with Gasteiger partial charge < -0.3 is 10.4 Å². The van der Waals surface area contributed by atoms with Gasteiger partial charge in [-0.2, -0.15) is 0 Å². The fourth-order valence-corrected chi connectivity index (χ4v) is 1.75. The molecule has 0 aliphatic carbocycles. The van der Waals surface area contributed by atoms with Gasteiger partial charge in [0.05, 0.1) is 22.7 Å². The number of hydrogen-bond acceptors (Lipinski definition) is 2. The van der Waals surface area contributed by atoms with Crippen LogP contribution in [0.4, 0.5) is 0 Å². The minimum Gasteiger partial charge on any atom is -0.394 e. The van der Waals surface area contributed by atoms with Gasteiger partial charge in [-0.15, -0.1) is 0 Å². The third-order valence-corrected chi connectivity index (χ3v) is 3.37. The molecule has 90 valence electrons. The summed E-state index contributed by atoms with van der Waals surface area (Å²) in [6, 6.07) is 5.68. The lowest BCUT2D eigenvalue weighted by Crippen LogP contribution is -2.32. The number of benzene rings is 1. The summed E-state index contributed by atoms with van der Waals surface area (Å²) in [5.74, 6) is 0. The molecule has 2 N–H and O–H groups in total. The molecule has 16 heavy (non-hydrogen) atoms. The maximum atomic E-state index is 9.35. The summed E-state index contributed by atoms with van der Waals surface area (Å²) in [7, 11) is 0. The quantitative estimate of drug-likeness (QED) is 0.852. The Bertz CT molecular complexity index is 344. The summed E-state index contributed by atoms with van der Waals surface area (Å²) >= 11 is 11.8. The van der Waals surface area contributed by atoms with Crippen LogP contribution in [0.5, 0.6) is 0 Å². The molecule has 2 unspecified atom stereocenters. The number of aliphatic hydroxyl groups excluding tert-OH is 1. The third-order valence-electron chi connectivity index (χ3n) is 2.63.